The third kappa shape index (κ3) is 2.95. The summed E-state index contributed by atoms with van der Waals surface area (Å²) in [4.78, 5) is 0. The SMILES string of the molecule is CCn1nc(C)c(Br)c1CNc1ccc(F)c(OC)c1. The van der Waals surface area contributed by atoms with E-state index in [4.69, 9.17) is 4.74 Å². The number of hydrogen-bond donors (Lipinski definition) is 1. The van der Waals surface area contributed by atoms with E-state index in [1.807, 2.05) is 18.5 Å². The first kappa shape index (κ1) is 14.8. The number of ether oxygens (including phenoxy) is 1. The van der Waals surface area contributed by atoms with Gasteiger partial charge in [0.1, 0.15) is 0 Å². The number of benzene rings is 1. The van der Waals surface area contributed by atoms with Gasteiger partial charge in [-0.2, -0.15) is 5.10 Å². The molecular weight excluding hydrogens is 325 g/mol. The molecule has 0 bridgehead atoms. The molecule has 0 fully saturated rings. The Kier molecular flexibility index (Phi) is 4.65. The molecule has 2 aromatic rings. The molecule has 0 saturated carbocycles. The van der Waals surface area contributed by atoms with Crippen molar-refractivity contribution >= 4 is 21.6 Å². The van der Waals surface area contributed by atoms with Crippen LogP contribution in [0, 0.1) is 12.7 Å². The predicted molar refractivity (Wildman–Crippen MR) is 80.6 cm³/mol. The van der Waals surface area contributed by atoms with Crippen LogP contribution in [-0.4, -0.2) is 16.9 Å². The summed E-state index contributed by atoms with van der Waals surface area (Å²) in [5.41, 5.74) is 2.82. The number of nitrogens with one attached hydrogen (secondary N) is 1. The Bertz CT molecular complexity index is 613. The average Bonchev–Trinajstić information content (AvgIpc) is 2.73. The van der Waals surface area contributed by atoms with E-state index in [1.165, 1.54) is 13.2 Å². The van der Waals surface area contributed by atoms with Gasteiger partial charge in [0.25, 0.3) is 0 Å². The maximum absolute atomic E-state index is 13.3. The van der Waals surface area contributed by atoms with Crippen LogP contribution >= 0.6 is 15.9 Å². The van der Waals surface area contributed by atoms with Gasteiger partial charge in [0, 0.05) is 18.3 Å². The maximum Gasteiger partial charge on any atom is 0.165 e. The lowest BCUT2D eigenvalue weighted by atomic mass is 10.2. The van der Waals surface area contributed by atoms with Crippen molar-refractivity contribution < 1.29 is 9.13 Å². The number of rotatable bonds is 5. The van der Waals surface area contributed by atoms with Crippen LogP contribution in [0.5, 0.6) is 5.75 Å². The van der Waals surface area contributed by atoms with Crippen molar-refractivity contribution in [2.75, 3.05) is 12.4 Å². The highest BCUT2D eigenvalue weighted by Crippen LogP contribution is 2.24. The lowest BCUT2D eigenvalue weighted by Gasteiger charge is -2.10. The Morgan fingerprint density at radius 3 is 2.85 bits per heavy atom. The van der Waals surface area contributed by atoms with Crippen molar-refractivity contribution in [2.24, 2.45) is 0 Å². The Morgan fingerprint density at radius 2 is 2.20 bits per heavy atom. The lowest BCUT2D eigenvalue weighted by molar-refractivity contribution is 0.387. The highest BCUT2D eigenvalue weighted by Gasteiger charge is 2.12. The number of aromatic nitrogens is 2. The van der Waals surface area contributed by atoms with Gasteiger partial charge in [0.15, 0.2) is 11.6 Å². The number of nitrogens with zero attached hydrogens (tertiary/aromatic N) is 2. The topological polar surface area (TPSA) is 39.1 Å². The molecule has 2 rings (SSSR count). The molecule has 1 aromatic carbocycles. The number of hydrogen-bond acceptors (Lipinski definition) is 3. The molecular formula is C14H17BrFN3O. The smallest absolute Gasteiger partial charge is 0.165 e. The fourth-order valence-corrected chi connectivity index (χ4v) is 2.42. The van der Waals surface area contributed by atoms with Gasteiger partial charge in [-0.1, -0.05) is 0 Å². The quantitative estimate of drug-likeness (QED) is 0.900. The van der Waals surface area contributed by atoms with Crippen molar-refractivity contribution in [3.8, 4) is 5.75 Å². The van der Waals surface area contributed by atoms with Gasteiger partial charge in [-0.25, -0.2) is 4.39 Å². The number of halogens is 2. The third-order valence-electron chi connectivity index (χ3n) is 3.06. The molecule has 0 unspecified atom stereocenters. The van der Waals surface area contributed by atoms with E-state index in [9.17, 15) is 4.39 Å². The Balaban J connectivity index is 2.16. The molecule has 0 saturated heterocycles. The molecule has 1 N–H and O–H groups in total. The summed E-state index contributed by atoms with van der Waals surface area (Å²) in [5, 5.41) is 7.69. The van der Waals surface area contributed by atoms with Crippen LogP contribution < -0.4 is 10.1 Å². The Labute approximate surface area is 126 Å². The molecule has 0 spiro atoms. The number of aryl methyl sites for hydroxylation is 2. The normalized spacial score (nSPS) is 10.7. The molecule has 0 amide bonds. The van der Waals surface area contributed by atoms with Crippen molar-refractivity contribution in [3.63, 3.8) is 0 Å². The molecule has 0 aliphatic carbocycles. The summed E-state index contributed by atoms with van der Waals surface area (Å²) in [7, 11) is 1.45. The van der Waals surface area contributed by atoms with Crippen molar-refractivity contribution in [1.82, 2.24) is 9.78 Å². The summed E-state index contributed by atoms with van der Waals surface area (Å²) >= 11 is 3.55. The molecule has 0 aliphatic rings. The molecule has 0 radical (unpaired) electrons. The van der Waals surface area contributed by atoms with Crippen LogP contribution in [0.3, 0.4) is 0 Å². The molecule has 6 heteroatoms. The van der Waals surface area contributed by atoms with Crippen molar-refractivity contribution in [3.05, 3.63) is 39.9 Å². The molecule has 0 aliphatic heterocycles. The molecule has 20 heavy (non-hydrogen) atoms. The van der Waals surface area contributed by atoms with E-state index in [0.717, 1.165) is 28.1 Å². The van der Waals surface area contributed by atoms with Gasteiger partial charge in [0.2, 0.25) is 0 Å². The molecule has 1 heterocycles. The van der Waals surface area contributed by atoms with Crippen LogP contribution in [0.25, 0.3) is 0 Å². The van der Waals surface area contributed by atoms with Gasteiger partial charge in [-0.15, -0.1) is 0 Å². The summed E-state index contributed by atoms with van der Waals surface area (Å²) < 4.78 is 21.3. The second-order valence-corrected chi connectivity index (χ2v) is 5.16. The highest BCUT2D eigenvalue weighted by molar-refractivity contribution is 9.10. The predicted octanol–water partition coefficient (Wildman–Crippen LogP) is 3.73. The summed E-state index contributed by atoms with van der Waals surface area (Å²) in [6, 6.07) is 4.71. The van der Waals surface area contributed by atoms with E-state index in [1.54, 1.807) is 12.1 Å². The van der Waals surface area contributed by atoms with Crippen LogP contribution in [0.2, 0.25) is 0 Å². The van der Waals surface area contributed by atoms with Gasteiger partial charge in [0.05, 0.1) is 29.5 Å². The van der Waals surface area contributed by atoms with Crippen LogP contribution in [0.4, 0.5) is 10.1 Å². The Morgan fingerprint density at radius 1 is 1.45 bits per heavy atom. The minimum atomic E-state index is -0.367. The summed E-state index contributed by atoms with van der Waals surface area (Å²) in [5.74, 6) is -0.136. The van der Waals surface area contributed by atoms with Gasteiger partial charge in [-0.3, -0.25) is 4.68 Å². The van der Waals surface area contributed by atoms with Crippen LogP contribution in [0.1, 0.15) is 18.3 Å². The van der Waals surface area contributed by atoms with Crippen molar-refractivity contribution in [2.45, 2.75) is 26.9 Å². The Hall–Kier alpha value is -1.56. The lowest BCUT2D eigenvalue weighted by Crippen LogP contribution is -2.08. The number of anilines is 1. The number of methoxy groups -OCH3 is 1. The average molecular weight is 342 g/mol. The second-order valence-electron chi connectivity index (χ2n) is 4.36. The van der Waals surface area contributed by atoms with E-state index in [0.29, 0.717) is 6.54 Å². The second kappa shape index (κ2) is 6.26. The monoisotopic (exact) mass is 341 g/mol. The van der Waals surface area contributed by atoms with Crippen LogP contribution in [0.15, 0.2) is 22.7 Å². The molecule has 108 valence electrons. The summed E-state index contributed by atoms with van der Waals surface area (Å²) in [6.07, 6.45) is 0. The van der Waals surface area contributed by atoms with E-state index >= 15 is 0 Å². The zero-order chi connectivity index (χ0) is 14.7. The van der Waals surface area contributed by atoms with E-state index in [2.05, 4.69) is 26.3 Å². The minimum Gasteiger partial charge on any atom is -0.494 e. The van der Waals surface area contributed by atoms with Gasteiger partial charge < -0.3 is 10.1 Å². The first-order chi connectivity index (χ1) is 9.56. The maximum atomic E-state index is 13.3. The fourth-order valence-electron chi connectivity index (χ4n) is 1.99. The van der Waals surface area contributed by atoms with Crippen molar-refractivity contribution in [1.29, 1.82) is 0 Å². The highest BCUT2D eigenvalue weighted by atomic mass is 79.9. The summed E-state index contributed by atoms with van der Waals surface area (Å²) in [6.45, 7) is 5.41. The van der Waals surface area contributed by atoms with Gasteiger partial charge in [-0.05, 0) is 41.9 Å². The molecule has 1 aromatic heterocycles. The van der Waals surface area contributed by atoms with E-state index in [-0.39, 0.29) is 11.6 Å². The van der Waals surface area contributed by atoms with Crippen LogP contribution in [-0.2, 0) is 13.1 Å². The largest absolute Gasteiger partial charge is 0.494 e. The first-order valence-electron chi connectivity index (χ1n) is 6.36. The zero-order valence-electron chi connectivity index (χ0n) is 11.7. The molecule has 4 nitrogen and oxygen atoms in total. The standard InChI is InChI=1S/C14H17BrFN3O/c1-4-19-12(14(15)9(2)18-19)8-17-10-5-6-11(16)13(7-10)20-3/h5-7,17H,4,8H2,1-3H3. The first-order valence-corrected chi connectivity index (χ1v) is 7.15. The zero-order valence-corrected chi connectivity index (χ0v) is 13.3. The van der Waals surface area contributed by atoms with E-state index < -0.39 is 0 Å². The third-order valence-corrected chi connectivity index (χ3v) is 4.10. The molecule has 0 atom stereocenters. The minimum absolute atomic E-state index is 0.231. The fraction of sp³-hybridized carbons (Fsp3) is 0.357. The van der Waals surface area contributed by atoms with Gasteiger partial charge >= 0.3 is 0 Å².